The summed E-state index contributed by atoms with van der Waals surface area (Å²) in [7, 11) is 0. The van der Waals surface area contributed by atoms with Crippen LogP contribution in [-0.2, 0) is 0 Å². The molecular weight excluding hydrogens is 209 g/mol. The summed E-state index contributed by atoms with van der Waals surface area (Å²) >= 11 is 0. The molecule has 0 radical (unpaired) electrons. The Labute approximate surface area is 92.6 Å². The average molecular weight is 221 g/mol. The number of ether oxygens (including phenoxy) is 1. The molecule has 1 aromatic rings. The van der Waals surface area contributed by atoms with Crippen LogP contribution in [0.1, 0.15) is 34.7 Å². The van der Waals surface area contributed by atoms with Gasteiger partial charge in [0.25, 0.3) is 5.91 Å². The lowest BCUT2D eigenvalue weighted by Gasteiger charge is -2.08. The van der Waals surface area contributed by atoms with E-state index in [9.17, 15) is 9.18 Å². The van der Waals surface area contributed by atoms with Crippen LogP contribution < -0.4 is 10.1 Å². The Bertz CT molecular complexity index is 455. The minimum atomic E-state index is -0.473. The fourth-order valence-corrected chi connectivity index (χ4v) is 2.00. The topological polar surface area (TPSA) is 38.3 Å². The molecule has 0 aromatic heterocycles. The molecule has 1 aromatic carbocycles. The van der Waals surface area contributed by atoms with Crippen molar-refractivity contribution in [2.45, 2.75) is 18.8 Å². The molecule has 1 heterocycles. The van der Waals surface area contributed by atoms with Gasteiger partial charge in [0.15, 0.2) is 0 Å². The summed E-state index contributed by atoms with van der Waals surface area (Å²) in [6.07, 6.45) is 2.20. The summed E-state index contributed by atoms with van der Waals surface area (Å²) in [6.45, 7) is 0.817. The minimum Gasteiger partial charge on any atom is -0.491 e. The number of hydrogen-bond donors (Lipinski definition) is 1. The first kappa shape index (κ1) is 9.63. The van der Waals surface area contributed by atoms with Crippen molar-refractivity contribution in [2.75, 3.05) is 13.2 Å². The Kier molecular flexibility index (Phi) is 2.09. The van der Waals surface area contributed by atoms with Gasteiger partial charge in [0.05, 0.1) is 6.54 Å². The molecule has 1 fully saturated rings. The van der Waals surface area contributed by atoms with E-state index in [-0.39, 0.29) is 11.5 Å². The highest BCUT2D eigenvalue weighted by Gasteiger charge is 2.28. The molecule has 84 valence electrons. The van der Waals surface area contributed by atoms with Gasteiger partial charge in [-0.3, -0.25) is 4.79 Å². The van der Waals surface area contributed by atoms with Gasteiger partial charge >= 0.3 is 0 Å². The standard InChI is InChI=1S/C12H12FNO2/c13-9-5-8(7-1-2-7)6-10-11(9)12(15)14-3-4-16-10/h5-7H,1-4H2,(H,14,15). The normalized spacial score (nSPS) is 19.4. The van der Waals surface area contributed by atoms with E-state index >= 15 is 0 Å². The predicted octanol–water partition coefficient (Wildman–Crippen LogP) is 1.83. The molecule has 0 spiro atoms. The number of benzene rings is 1. The fourth-order valence-electron chi connectivity index (χ4n) is 2.00. The summed E-state index contributed by atoms with van der Waals surface area (Å²) in [5.74, 6) is -0.0160. The molecule has 1 amide bonds. The van der Waals surface area contributed by atoms with Crippen molar-refractivity contribution in [3.63, 3.8) is 0 Å². The second kappa shape index (κ2) is 3.47. The third-order valence-electron chi connectivity index (χ3n) is 3.00. The van der Waals surface area contributed by atoms with Crippen molar-refractivity contribution in [1.29, 1.82) is 0 Å². The maximum absolute atomic E-state index is 13.8. The number of nitrogens with one attached hydrogen (secondary N) is 1. The predicted molar refractivity (Wildman–Crippen MR) is 56.2 cm³/mol. The van der Waals surface area contributed by atoms with E-state index in [4.69, 9.17) is 4.74 Å². The Hall–Kier alpha value is -1.58. The van der Waals surface area contributed by atoms with E-state index in [0.717, 1.165) is 18.4 Å². The molecule has 1 saturated carbocycles. The first-order valence-corrected chi connectivity index (χ1v) is 5.50. The summed E-state index contributed by atoms with van der Waals surface area (Å²) < 4.78 is 19.2. The van der Waals surface area contributed by atoms with Gasteiger partial charge in [-0.15, -0.1) is 0 Å². The number of fused-ring (bicyclic) bond motifs is 1. The molecule has 4 heteroatoms. The number of carbonyl (C=O) groups is 1. The smallest absolute Gasteiger partial charge is 0.258 e. The Morgan fingerprint density at radius 2 is 2.19 bits per heavy atom. The van der Waals surface area contributed by atoms with Crippen LogP contribution in [0.15, 0.2) is 12.1 Å². The van der Waals surface area contributed by atoms with Crippen LogP contribution in [0.4, 0.5) is 4.39 Å². The van der Waals surface area contributed by atoms with Gasteiger partial charge < -0.3 is 10.1 Å². The number of halogens is 1. The number of hydrogen-bond acceptors (Lipinski definition) is 2. The molecule has 0 atom stereocenters. The van der Waals surface area contributed by atoms with E-state index in [1.54, 1.807) is 6.07 Å². The van der Waals surface area contributed by atoms with Crippen LogP contribution in [-0.4, -0.2) is 19.1 Å². The largest absolute Gasteiger partial charge is 0.491 e. The number of amides is 1. The summed E-state index contributed by atoms with van der Waals surface area (Å²) in [5.41, 5.74) is 0.993. The SMILES string of the molecule is O=C1NCCOc2cc(C3CC3)cc(F)c21. The molecule has 3 nitrogen and oxygen atoms in total. The molecule has 16 heavy (non-hydrogen) atoms. The van der Waals surface area contributed by atoms with Crippen LogP contribution in [0.2, 0.25) is 0 Å². The van der Waals surface area contributed by atoms with E-state index < -0.39 is 5.82 Å². The molecule has 3 rings (SSSR count). The van der Waals surface area contributed by atoms with Crippen molar-refractivity contribution in [2.24, 2.45) is 0 Å². The van der Waals surface area contributed by atoms with Gasteiger partial charge in [-0.05, 0) is 36.5 Å². The first-order valence-electron chi connectivity index (χ1n) is 5.50. The van der Waals surface area contributed by atoms with Crippen molar-refractivity contribution < 1.29 is 13.9 Å². The van der Waals surface area contributed by atoms with Crippen LogP contribution in [0.3, 0.4) is 0 Å². The van der Waals surface area contributed by atoms with Gasteiger partial charge in [0.2, 0.25) is 0 Å². The van der Waals surface area contributed by atoms with Crippen molar-refractivity contribution in [3.8, 4) is 5.75 Å². The molecule has 1 N–H and O–H groups in total. The van der Waals surface area contributed by atoms with Gasteiger partial charge in [-0.1, -0.05) is 0 Å². The van der Waals surface area contributed by atoms with Crippen LogP contribution in [0.25, 0.3) is 0 Å². The first-order chi connectivity index (χ1) is 7.75. The molecular formula is C12H12FNO2. The zero-order valence-electron chi connectivity index (χ0n) is 8.75. The van der Waals surface area contributed by atoms with E-state index in [0.29, 0.717) is 24.8 Å². The Morgan fingerprint density at radius 3 is 2.94 bits per heavy atom. The molecule has 1 aliphatic carbocycles. The second-order valence-electron chi connectivity index (χ2n) is 4.25. The zero-order valence-corrected chi connectivity index (χ0v) is 8.75. The highest BCUT2D eigenvalue weighted by atomic mass is 19.1. The zero-order chi connectivity index (χ0) is 11.1. The highest BCUT2D eigenvalue weighted by Crippen LogP contribution is 2.42. The van der Waals surface area contributed by atoms with Gasteiger partial charge in [0.1, 0.15) is 23.7 Å². The molecule has 0 unspecified atom stereocenters. The summed E-state index contributed by atoms with van der Waals surface area (Å²) in [4.78, 5) is 11.6. The highest BCUT2D eigenvalue weighted by molar-refractivity contribution is 5.97. The molecule has 1 aliphatic heterocycles. The maximum Gasteiger partial charge on any atom is 0.258 e. The quantitative estimate of drug-likeness (QED) is 0.785. The van der Waals surface area contributed by atoms with Gasteiger partial charge in [-0.2, -0.15) is 0 Å². The van der Waals surface area contributed by atoms with E-state index in [1.807, 2.05) is 0 Å². The average Bonchev–Trinajstić information content (AvgIpc) is 3.05. The van der Waals surface area contributed by atoms with E-state index in [2.05, 4.69) is 5.32 Å². The van der Waals surface area contributed by atoms with Crippen LogP contribution >= 0.6 is 0 Å². The van der Waals surface area contributed by atoms with Crippen molar-refractivity contribution >= 4 is 5.91 Å². The number of rotatable bonds is 1. The Balaban J connectivity index is 2.10. The van der Waals surface area contributed by atoms with Crippen molar-refractivity contribution in [3.05, 3.63) is 29.1 Å². The fraction of sp³-hybridized carbons (Fsp3) is 0.417. The Morgan fingerprint density at radius 1 is 1.38 bits per heavy atom. The van der Waals surface area contributed by atoms with Crippen molar-refractivity contribution in [1.82, 2.24) is 5.32 Å². The second-order valence-corrected chi connectivity index (χ2v) is 4.25. The molecule has 2 aliphatic rings. The number of carbonyl (C=O) groups excluding carboxylic acids is 1. The monoisotopic (exact) mass is 221 g/mol. The van der Waals surface area contributed by atoms with Crippen LogP contribution in [0, 0.1) is 5.82 Å². The lowest BCUT2D eigenvalue weighted by molar-refractivity contribution is 0.0953. The molecule has 0 saturated heterocycles. The third-order valence-corrected chi connectivity index (χ3v) is 3.00. The van der Waals surface area contributed by atoms with Crippen LogP contribution in [0.5, 0.6) is 5.75 Å². The van der Waals surface area contributed by atoms with E-state index in [1.165, 1.54) is 6.07 Å². The molecule has 0 bridgehead atoms. The third kappa shape index (κ3) is 1.54. The van der Waals surface area contributed by atoms with Gasteiger partial charge in [0, 0.05) is 0 Å². The minimum absolute atomic E-state index is 0.0434. The maximum atomic E-state index is 13.8. The summed E-state index contributed by atoms with van der Waals surface area (Å²) in [5, 5.41) is 2.60. The summed E-state index contributed by atoms with van der Waals surface area (Å²) in [6, 6.07) is 3.27. The lowest BCUT2D eigenvalue weighted by atomic mass is 10.1. The van der Waals surface area contributed by atoms with Gasteiger partial charge in [-0.25, -0.2) is 4.39 Å². The lowest BCUT2D eigenvalue weighted by Crippen LogP contribution is -2.25.